The number of benzene rings is 2. The summed E-state index contributed by atoms with van der Waals surface area (Å²) in [5.74, 6) is 1.44. The van der Waals surface area contributed by atoms with Gasteiger partial charge in [-0.15, -0.1) is 0 Å². The van der Waals surface area contributed by atoms with Crippen molar-refractivity contribution in [3.05, 3.63) is 85.4 Å². The number of allylic oxidation sites excluding steroid dienone is 1. The van der Waals surface area contributed by atoms with Crippen molar-refractivity contribution in [1.29, 1.82) is 0 Å². The molecule has 6 nitrogen and oxygen atoms in total. The first-order valence-electron chi connectivity index (χ1n) is 12.9. The summed E-state index contributed by atoms with van der Waals surface area (Å²) in [7, 11) is 0. The minimum atomic E-state index is 0.166. The lowest BCUT2D eigenvalue weighted by molar-refractivity contribution is 0.271. The molecule has 186 valence electrons. The van der Waals surface area contributed by atoms with Crippen molar-refractivity contribution in [2.75, 3.05) is 6.54 Å². The fraction of sp³-hybridized carbons (Fsp3) is 0.333. The zero-order valence-corrected chi connectivity index (χ0v) is 21.5. The van der Waals surface area contributed by atoms with Gasteiger partial charge >= 0.3 is 0 Å². The smallest absolute Gasteiger partial charge is 0.130 e. The third-order valence-corrected chi connectivity index (χ3v) is 7.28. The summed E-state index contributed by atoms with van der Waals surface area (Å²) in [5, 5.41) is 3.61. The van der Waals surface area contributed by atoms with Crippen molar-refractivity contribution in [1.82, 2.24) is 30.2 Å². The second-order valence-electron chi connectivity index (χ2n) is 10.1. The Hall–Kier alpha value is -3.80. The predicted octanol–water partition coefficient (Wildman–Crippen LogP) is 6.81. The number of nitrogens with one attached hydrogen (secondary N) is 3. The number of imidazole rings is 2. The van der Waals surface area contributed by atoms with Crippen LogP contribution in [0, 0.1) is 5.92 Å². The number of H-pyrrole nitrogens is 2. The molecule has 1 saturated heterocycles. The molecule has 0 bridgehead atoms. The Balaban J connectivity index is 1.38. The van der Waals surface area contributed by atoms with E-state index in [-0.39, 0.29) is 12.1 Å². The van der Waals surface area contributed by atoms with Gasteiger partial charge in [-0.2, -0.15) is 0 Å². The molecule has 0 radical (unpaired) electrons. The van der Waals surface area contributed by atoms with Crippen LogP contribution < -0.4 is 5.32 Å². The Kier molecular flexibility index (Phi) is 6.68. The van der Waals surface area contributed by atoms with Crippen molar-refractivity contribution in [3.63, 3.8) is 0 Å². The first-order valence-corrected chi connectivity index (χ1v) is 12.9. The summed E-state index contributed by atoms with van der Waals surface area (Å²) in [6.45, 7) is 16.3. The minimum absolute atomic E-state index is 0.166. The van der Waals surface area contributed by atoms with Gasteiger partial charge in [0.15, 0.2) is 0 Å². The van der Waals surface area contributed by atoms with Crippen molar-refractivity contribution in [2.24, 2.45) is 5.92 Å². The van der Waals surface area contributed by atoms with Crippen LogP contribution in [0.2, 0.25) is 0 Å². The number of aromatic amines is 2. The summed E-state index contributed by atoms with van der Waals surface area (Å²) in [4.78, 5) is 18.4. The van der Waals surface area contributed by atoms with E-state index in [4.69, 9.17) is 4.98 Å². The van der Waals surface area contributed by atoms with E-state index in [1.54, 1.807) is 6.33 Å². The fourth-order valence-corrected chi connectivity index (χ4v) is 5.15. The number of likely N-dealkylation sites (tertiary alicyclic amines) is 1. The number of hydrogen-bond donors (Lipinski definition) is 3. The Bertz CT molecular complexity index is 1350. The number of fused-ring (bicyclic) bond motifs is 1. The molecule has 0 spiro atoms. The lowest BCUT2D eigenvalue weighted by atomic mass is 9.99. The Morgan fingerprint density at radius 3 is 2.56 bits per heavy atom. The van der Waals surface area contributed by atoms with Crippen LogP contribution in [0.3, 0.4) is 0 Å². The highest BCUT2D eigenvalue weighted by Gasteiger charge is 2.33. The third kappa shape index (κ3) is 4.68. The molecular formula is C30H36N6. The van der Waals surface area contributed by atoms with Crippen LogP contribution in [0.5, 0.6) is 0 Å². The molecule has 0 amide bonds. The predicted molar refractivity (Wildman–Crippen MR) is 148 cm³/mol. The lowest BCUT2D eigenvalue weighted by Crippen LogP contribution is -2.41. The standard InChI is InChI=1S/C30H36N6/c1-6-20(4)33-29(19(2)3)21(5)36-15-7-8-28(36)30-34-25-14-13-24(16-26(25)35-30)22-9-11-23(12-10-22)27-17-31-18-32-27/h9-14,16-19,28-29,33H,4-8,15H2,1-3H3,(H,31,32)(H,34,35)/t28-,29-/m0/s1. The molecular weight excluding hydrogens is 444 g/mol. The molecule has 3 heterocycles. The van der Waals surface area contributed by atoms with E-state index >= 15 is 0 Å². The van der Waals surface area contributed by atoms with Gasteiger partial charge in [0.05, 0.1) is 41.3 Å². The SMILES string of the molecule is C=C(CC)N[C@H](C(=C)N1CCC[C@H]1c1nc2ccc(-c3ccc(-c4cnc[nH]4)cc3)cc2[nH]1)C(C)C. The van der Waals surface area contributed by atoms with Crippen LogP contribution in [-0.2, 0) is 0 Å². The van der Waals surface area contributed by atoms with E-state index in [9.17, 15) is 0 Å². The summed E-state index contributed by atoms with van der Waals surface area (Å²) >= 11 is 0. The maximum atomic E-state index is 5.00. The van der Waals surface area contributed by atoms with Crippen LogP contribution in [0.25, 0.3) is 33.4 Å². The van der Waals surface area contributed by atoms with Crippen molar-refractivity contribution >= 4 is 11.0 Å². The quantitative estimate of drug-likeness (QED) is 0.246. The molecule has 4 aromatic rings. The van der Waals surface area contributed by atoms with E-state index in [0.717, 1.165) is 65.3 Å². The van der Waals surface area contributed by atoms with Crippen LogP contribution in [0.4, 0.5) is 0 Å². The monoisotopic (exact) mass is 480 g/mol. The Morgan fingerprint density at radius 2 is 1.86 bits per heavy atom. The highest BCUT2D eigenvalue weighted by Crippen LogP contribution is 2.36. The topological polar surface area (TPSA) is 72.6 Å². The second-order valence-corrected chi connectivity index (χ2v) is 10.1. The van der Waals surface area contributed by atoms with Gasteiger partial charge in [0.25, 0.3) is 0 Å². The van der Waals surface area contributed by atoms with Crippen molar-refractivity contribution < 1.29 is 0 Å². The van der Waals surface area contributed by atoms with Crippen LogP contribution in [0.1, 0.15) is 51.9 Å². The number of aromatic nitrogens is 4. The molecule has 5 rings (SSSR count). The maximum Gasteiger partial charge on any atom is 0.130 e. The van der Waals surface area contributed by atoms with Crippen molar-refractivity contribution in [2.45, 2.75) is 52.1 Å². The Morgan fingerprint density at radius 1 is 1.11 bits per heavy atom. The first-order chi connectivity index (χ1) is 17.4. The molecule has 1 aliphatic rings. The molecule has 2 aromatic carbocycles. The van der Waals surface area contributed by atoms with Gasteiger partial charge in [0.2, 0.25) is 0 Å². The maximum absolute atomic E-state index is 5.00. The summed E-state index contributed by atoms with van der Waals surface area (Å²) in [5.41, 5.74) is 8.73. The largest absolute Gasteiger partial charge is 0.380 e. The van der Waals surface area contributed by atoms with E-state index in [1.165, 1.54) is 11.1 Å². The molecule has 1 fully saturated rings. The van der Waals surface area contributed by atoms with Gasteiger partial charge in [-0.05, 0) is 54.0 Å². The highest BCUT2D eigenvalue weighted by molar-refractivity contribution is 5.82. The van der Waals surface area contributed by atoms with E-state index in [2.05, 4.69) is 102 Å². The van der Waals surface area contributed by atoms with E-state index in [1.807, 2.05) is 6.20 Å². The molecule has 0 unspecified atom stereocenters. The van der Waals surface area contributed by atoms with Gasteiger partial charge in [-0.3, -0.25) is 0 Å². The zero-order chi connectivity index (χ0) is 25.2. The molecule has 1 aliphatic heterocycles. The summed E-state index contributed by atoms with van der Waals surface area (Å²) in [6.07, 6.45) is 6.66. The molecule has 2 aromatic heterocycles. The van der Waals surface area contributed by atoms with Crippen LogP contribution in [0.15, 0.2) is 79.5 Å². The Labute approximate surface area is 213 Å². The van der Waals surface area contributed by atoms with Crippen LogP contribution >= 0.6 is 0 Å². The average molecular weight is 481 g/mol. The molecule has 3 N–H and O–H groups in total. The number of rotatable bonds is 9. The normalized spacial score (nSPS) is 16.6. The van der Waals surface area contributed by atoms with E-state index < -0.39 is 0 Å². The molecule has 0 aliphatic carbocycles. The summed E-state index contributed by atoms with van der Waals surface area (Å²) < 4.78 is 0. The van der Waals surface area contributed by atoms with Gasteiger partial charge in [0.1, 0.15) is 5.82 Å². The fourth-order valence-electron chi connectivity index (χ4n) is 5.15. The highest BCUT2D eigenvalue weighted by atomic mass is 15.2. The molecule has 36 heavy (non-hydrogen) atoms. The summed E-state index contributed by atoms with van der Waals surface area (Å²) in [6, 6.07) is 15.4. The first kappa shape index (κ1) is 23.9. The van der Waals surface area contributed by atoms with Crippen LogP contribution in [-0.4, -0.2) is 37.4 Å². The second kappa shape index (κ2) is 10.1. The molecule has 2 atom stereocenters. The molecule has 6 heteroatoms. The number of hydrogen-bond acceptors (Lipinski definition) is 4. The van der Waals surface area contributed by atoms with Gasteiger partial charge in [-0.1, -0.05) is 64.3 Å². The average Bonchev–Trinajstić information content (AvgIpc) is 3.66. The van der Waals surface area contributed by atoms with Crippen molar-refractivity contribution in [3.8, 4) is 22.4 Å². The number of nitrogens with zero attached hydrogens (tertiary/aromatic N) is 3. The molecule has 0 saturated carbocycles. The van der Waals surface area contributed by atoms with Gasteiger partial charge in [0, 0.05) is 17.9 Å². The van der Waals surface area contributed by atoms with E-state index in [0.29, 0.717) is 5.92 Å². The lowest BCUT2D eigenvalue weighted by Gasteiger charge is -2.35. The minimum Gasteiger partial charge on any atom is -0.380 e. The third-order valence-electron chi connectivity index (χ3n) is 7.28. The van der Waals surface area contributed by atoms with Gasteiger partial charge in [-0.25, -0.2) is 9.97 Å². The van der Waals surface area contributed by atoms with Gasteiger partial charge < -0.3 is 20.2 Å². The zero-order valence-electron chi connectivity index (χ0n) is 21.5.